The van der Waals surface area contributed by atoms with Crippen molar-refractivity contribution in [3.63, 3.8) is 0 Å². The van der Waals surface area contributed by atoms with Crippen molar-refractivity contribution >= 4 is 63.6 Å². The van der Waals surface area contributed by atoms with Gasteiger partial charge < -0.3 is 90.0 Å². The van der Waals surface area contributed by atoms with E-state index in [-0.39, 0.29) is 0 Å². The van der Waals surface area contributed by atoms with Crippen LogP contribution in [0.4, 0.5) is 101 Å². The molecule has 0 amide bonds. The Hall–Kier alpha value is -11.2. The van der Waals surface area contributed by atoms with Gasteiger partial charge in [-0.25, -0.2) is 18.3 Å². The van der Waals surface area contributed by atoms with E-state index >= 15 is 0 Å². The number of aromatic nitrogens is 4. The summed E-state index contributed by atoms with van der Waals surface area (Å²) in [5.74, 6) is 7.80. The number of halogens is 24. The SMILES string of the molecule is F[P-](F)(F)(F)(F)F.F[P-](F)(F)(F)(F)F.F[P-](F)(F)(F)(F)F.F[P-](F)(F)(F)(F)F.c1cc2c3cccc(c3c1)OCCOCCOCCOCCOc1cccc3c(cccc13)OCCOCCOCCOCCOc1cccc3c(cccc13)OCCOCCOCCOCCO2.c1cc2cc(c1)OCC[n+]1ccc(cc1)-c1cc[n+](cc1)CCOc1cccc(c1)OCC[n+]1ccc(cc1)-c1cc[n+](cc1)CCO2. The van der Waals surface area contributed by atoms with E-state index < -0.39 is 31.2 Å². The van der Waals surface area contributed by atoms with Crippen LogP contribution in [0.1, 0.15) is 0 Å². The number of hydrogen-bond acceptors (Lipinski definition) is 19. The third-order valence-electron chi connectivity index (χ3n) is 19.0. The smallest absolute Gasteiger partial charge is 0.182 e. The van der Waals surface area contributed by atoms with Crippen LogP contribution in [0, 0.1) is 0 Å². The van der Waals surface area contributed by atoms with Gasteiger partial charge in [0.15, 0.2) is 75.8 Å². The Kier molecular flexibility index (Phi) is 40.9. The third kappa shape index (κ3) is 56.4. The van der Waals surface area contributed by atoms with E-state index in [4.69, 9.17) is 90.0 Å². The van der Waals surface area contributed by atoms with Gasteiger partial charge in [0.25, 0.3) is 0 Å². The van der Waals surface area contributed by atoms with E-state index in [1.54, 1.807) is 0 Å². The molecule has 8 aliphatic heterocycles. The molecule has 0 N–H and O–H groups in total. The van der Waals surface area contributed by atoms with Crippen molar-refractivity contribution in [2.45, 2.75) is 26.2 Å². The topological polar surface area (TPSA) is 191 Å². The molecule has 12 heterocycles. The van der Waals surface area contributed by atoms with Crippen LogP contribution in [-0.4, -0.2) is 185 Å². The zero-order chi connectivity index (χ0) is 105. The molecule has 0 unspecified atom stereocenters. The fourth-order valence-corrected chi connectivity index (χ4v) is 13.0. The van der Waals surface area contributed by atoms with Crippen LogP contribution in [0.15, 0.2) is 256 Å². The molecule has 0 radical (unpaired) electrons. The first-order chi connectivity index (χ1) is 67.9. The summed E-state index contributed by atoms with van der Waals surface area (Å²) in [7, 11) is -42.6. The van der Waals surface area contributed by atoms with Crippen molar-refractivity contribution in [3.05, 3.63) is 256 Å². The summed E-state index contributed by atoms with van der Waals surface area (Å²) < 4.78 is 358. The quantitative estimate of drug-likeness (QED) is 0.0790. The van der Waals surface area contributed by atoms with Gasteiger partial charge in [0.2, 0.25) is 0 Å². The number of ether oxygens (including phenoxy) is 19. The standard InChI is InChI=1S/C54H66O15.C40H40N4O4.4F6P/c1-7-43-44-8-2-14-50(43)65-38-32-59-26-20-56-22-28-61-34-40-67-52-16-5-12-48-47(52)11-6-18-54(48)69-42-36-63-30-24-57-23-29-62-35-41-68-53-17-4-9-45-46(53)10-3-15-51(45)66-39-33-60-27-21-55-19-25-58-31-37-64-49(44)13-1;1-3-37-31-38(4-1)46-28-24-42-17-9-34(10-18-42)36-13-21-44(22-14-36)26-30-48-40-6-2-5-39(32-40)47-29-25-43-19-11-35(12-20-43)33-7-15-41(16-8-33)23-27-45-37;4*1-7(2,3,4,5)6/h1-18H,19-42H2;1-22,31-32H,23-30H2;;;;/q;+4;4*-1. The average molecular weight is 2180 g/mol. The van der Waals surface area contributed by atoms with Crippen molar-refractivity contribution in [3.8, 4) is 79.7 Å². The molecule has 8 aromatic carbocycles. The van der Waals surface area contributed by atoms with E-state index in [1.165, 1.54) is 22.3 Å². The molecule has 804 valence electrons. The number of pyridine rings is 4. The fraction of sp³-hybridized carbons (Fsp3) is 0.340. The van der Waals surface area contributed by atoms with E-state index in [0.717, 1.165) is 116 Å². The van der Waals surface area contributed by atoms with Crippen molar-refractivity contribution in [2.75, 3.05) is 185 Å². The largest absolute Gasteiger partial charge is 0.491 e. The first-order valence-corrected chi connectivity index (χ1v) is 52.5. The molecular formula is C94H106F24N4O19P4. The first kappa shape index (κ1) is 117. The Balaban J connectivity index is 0.000000263. The summed E-state index contributed by atoms with van der Waals surface area (Å²) in [6, 6.07) is 68.4. The number of nitrogens with zero attached hydrogens (tertiary/aromatic N) is 4. The van der Waals surface area contributed by atoms with Crippen LogP contribution >= 0.6 is 31.2 Å². The molecule has 0 fully saturated rings. The normalized spacial score (nSPS) is 17.7. The van der Waals surface area contributed by atoms with Gasteiger partial charge in [-0.05, 0) is 82.9 Å². The van der Waals surface area contributed by atoms with Crippen LogP contribution < -0.4 is 65.6 Å². The molecule has 8 aliphatic rings. The Morgan fingerprint density at radius 3 is 0.428 bits per heavy atom. The molecule has 0 aliphatic carbocycles. The van der Waals surface area contributed by atoms with Gasteiger partial charge >= 0.3 is 132 Å². The molecular weight excluding hydrogens is 2070 g/mol. The maximum atomic E-state index is 9.87. The minimum Gasteiger partial charge on any atom is -0.491 e. The molecule has 145 heavy (non-hydrogen) atoms. The molecule has 12 aromatic rings. The number of hydrogen-bond donors (Lipinski definition) is 0. The van der Waals surface area contributed by atoms with E-state index in [2.05, 4.69) is 116 Å². The molecule has 20 rings (SSSR count). The summed E-state index contributed by atoms with van der Waals surface area (Å²) >= 11 is 0. The number of benzene rings is 8. The van der Waals surface area contributed by atoms with Crippen LogP contribution in [0.5, 0.6) is 57.5 Å². The molecule has 0 spiro atoms. The molecule has 24 bridgehead atoms. The Bertz CT molecular complexity index is 5140. The fourth-order valence-electron chi connectivity index (χ4n) is 13.0. The van der Waals surface area contributed by atoms with Gasteiger partial charge in [0.1, 0.15) is 124 Å². The molecule has 4 aromatic heterocycles. The van der Waals surface area contributed by atoms with Gasteiger partial charge in [0, 0.05) is 93.0 Å². The monoisotopic (exact) mass is 2170 g/mol. The van der Waals surface area contributed by atoms with Crippen molar-refractivity contribution in [1.29, 1.82) is 0 Å². The summed E-state index contributed by atoms with van der Waals surface area (Å²) in [6.45, 7) is 15.7. The second-order valence-corrected chi connectivity index (χ2v) is 38.6. The number of rotatable bonds is 0. The maximum absolute atomic E-state index is 10.7. The zero-order valence-corrected chi connectivity index (χ0v) is 80.9. The van der Waals surface area contributed by atoms with Crippen LogP contribution in [0.3, 0.4) is 0 Å². The maximum Gasteiger partial charge on any atom is 0.182 e. The second kappa shape index (κ2) is 50.5. The minimum atomic E-state index is -10.7. The van der Waals surface area contributed by atoms with Crippen LogP contribution in [0.25, 0.3) is 54.6 Å². The van der Waals surface area contributed by atoms with Crippen molar-refractivity contribution in [1.82, 2.24) is 0 Å². The zero-order valence-electron chi connectivity index (χ0n) is 77.3. The predicted molar refractivity (Wildman–Crippen MR) is 496 cm³/mol. The van der Waals surface area contributed by atoms with Crippen LogP contribution in [0.2, 0.25) is 0 Å². The molecule has 23 nitrogen and oxygen atoms in total. The molecule has 0 saturated carbocycles. The van der Waals surface area contributed by atoms with Gasteiger partial charge in [0.05, 0.1) is 119 Å². The Morgan fingerprint density at radius 2 is 0.283 bits per heavy atom. The van der Waals surface area contributed by atoms with Crippen LogP contribution in [-0.2, 0) is 68.8 Å². The summed E-state index contributed by atoms with van der Waals surface area (Å²) in [6.07, 6.45) is 16.7. The van der Waals surface area contributed by atoms with Gasteiger partial charge in [-0.1, -0.05) is 84.9 Å². The van der Waals surface area contributed by atoms with E-state index in [9.17, 15) is 101 Å². The van der Waals surface area contributed by atoms with Gasteiger partial charge in [-0.15, -0.1) is 0 Å². The average Bonchev–Trinajstić information content (AvgIpc) is 0.791. The van der Waals surface area contributed by atoms with E-state index in [1.807, 2.05) is 158 Å². The summed E-state index contributed by atoms with van der Waals surface area (Å²) in [4.78, 5) is 0. The third-order valence-corrected chi connectivity index (χ3v) is 19.0. The minimum absolute atomic E-state index is 0.403. The molecule has 51 heteroatoms. The summed E-state index contributed by atoms with van der Waals surface area (Å²) in [5, 5.41) is 5.79. The first-order valence-electron chi connectivity index (χ1n) is 44.3. The predicted octanol–water partition coefficient (Wildman–Crippen LogP) is 26.3. The van der Waals surface area contributed by atoms with Crippen molar-refractivity contribution in [2.24, 2.45) is 0 Å². The summed E-state index contributed by atoms with van der Waals surface area (Å²) in [5.41, 5.74) is 4.66. The molecule has 0 atom stereocenters. The van der Waals surface area contributed by atoms with Gasteiger partial charge in [-0.2, -0.15) is 0 Å². The second-order valence-electron chi connectivity index (χ2n) is 30.9. The Morgan fingerprint density at radius 1 is 0.152 bits per heavy atom. The van der Waals surface area contributed by atoms with E-state index in [0.29, 0.717) is 185 Å². The van der Waals surface area contributed by atoms with Gasteiger partial charge in [-0.3, -0.25) is 0 Å². The Labute approximate surface area is 815 Å². The van der Waals surface area contributed by atoms with Crippen molar-refractivity contribution < 1.29 is 209 Å². The molecule has 0 saturated heterocycles.